The molecule has 0 spiro atoms. The van der Waals surface area contributed by atoms with Crippen molar-refractivity contribution in [1.82, 2.24) is 15.1 Å². The molecule has 1 aromatic carbocycles. The van der Waals surface area contributed by atoms with Crippen molar-refractivity contribution in [2.75, 3.05) is 33.7 Å². The summed E-state index contributed by atoms with van der Waals surface area (Å²) in [7, 11) is 3.84. The maximum atomic E-state index is 13.1. The zero-order chi connectivity index (χ0) is 21.2. The van der Waals surface area contributed by atoms with Crippen LogP contribution in [0.2, 0.25) is 0 Å². The molecule has 1 aromatic rings. The van der Waals surface area contributed by atoms with Gasteiger partial charge in [-0.2, -0.15) is 13.2 Å². The molecular formula is C21H28F3N3O2. The van der Waals surface area contributed by atoms with Crippen LogP contribution in [0.5, 0.6) is 0 Å². The summed E-state index contributed by atoms with van der Waals surface area (Å²) in [6, 6.07) is 4.79. The lowest BCUT2D eigenvalue weighted by Gasteiger charge is -2.40. The third-order valence-corrected chi connectivity index (χ3v) is 5.62. The number of carbonyl (C=O) groups is 2. The second-order valence-corrected chi connectivity index (χ2v) is 8.27. The van der Waals surface area contributed by atoms with Crippen molar-refractivity contribution in [1.29, 1.82) is 0 Å². The molecule has 0 radical (unpaired) electrons. The van der Waals surface area contributed by atoms with Crippen LogP contribution < -0.4 is 5.32 Å². The predicted octanol–water partition coefficient (Wildman–Crippen LogP) is 3.07. The molecule has 1 saturated carbocycles. The Morgan fingerprint density at radius 1 is 1.14 bits per heavy atom. The molecule has 1 heterocycles. The van der Waals surface area contributed by atoms with Crippen LogP contribution in [0.1, 0.15) is 42.9 Å². The van der Waals surface area contributed by atoms with Crippen molar-refractivity contribution in [3.8, 4) is 0 Å². The highest BCUT2D eigenvalue weighted by atomic mass is 19.4. The van der Waals surface area contributed by atoms with E-state index < -0.39 is 17.8 Å². The summed E-state index contributed by atoms with van der Waals surface area (Å²) in [6.07, 6.45) is -1.78. The van der Waals surface area contributed by atoms with E-state index >= 15 is 0 Å². The van der Waals surface area contributed by atoms with E-state index in [4.69, 9.17) is 0 Å². The minimum atomic E-state index is -4.43. The zero-order valence-electron chi connectivity index (χ0n) is 16.8. The van der Waals surface area contributed by atoms with E-state index in [1.54, 1.807) is 11.0 Å². The molecule has 160 valence electrons. The summed E-state index contributed by atoms with van der Waals surface area (Å²) in [6.45, 7) is 1.50. The lowest BCUT2D eigenvalue weighted by Crippen LogP contribution is -2.48. The van der Waals surface area contributed by atoms with Gasteiger partial charge >= 0.3 is 6.18 Å². The first-order valence-corrected chi connectivity index (χ1v) is 10.1. The Kier molecular flexibility index (Phi) is 6.51. The van der Waals surface area contributed by atoms with E-state index in [2.05, 4.69) is 5.32 Å². The Morgan fingerprint density at radius 3 is 2.45 bits per heavy atom. The van der Waals surface area contributed by atoms with Crippen molar-refractivity contribution in [2.24, 2.45) is 11.8 Å². The fourth-order valence-corrected chi connectivity index (χ4v) is 3.81. The van der Waals surface area contributed by atoms with Crippen molar-refractivity contribution in [2.45, 2.75) is 37.9 Å². The molecule has 2 amide bonds. The second-order valence-electron chi connectivity index (χ2n) is 8.27. The number of benzene rings is 1. The third kappa shape index (κ3) is 5.50. The van der Waals surface area contributed by atoms with Gasteiger partial charge in [-0.3, -0.25) is 9.59 Å². The highest BCUT2D eigenvalue weighted by Crippen LogP contribution is 2.40. The fraction of sp³-hybridized carbons (Fsp3) is 0.619. The van der Waals surface area contributed by atoms with Crippen molar-refractivity contribution < 1.29 is 22.8 Å². The van der Waals surface area contributed by atoms with Gasteiger partial charge in [0.1, 0.15) is 0 Å². The Balaban J connectivity index is 1.75. The number of carbonyl (C=O) groups excluding carboxylic acids is 2. The molecular weight excluding hydrogens is 383 g/mol. The standard InChI is InChI=1S/C21H28F3N3O2/c1-26(2)11-10-25-19(28)16-8-9-18(27(13-16)20(29)14-6-7-14)15-4-3-5-17(12-15)21(22,23)24/h3-5,12,14,16,18H,6-11,13H2,1-2H3,(H,25,28)/t16-,18-/m1/s1. The molecule has 1 aliphatic heterocycles. The van der Waals surface area contributed by atoms with Crippen LogP contribution in [0, 0.1) is 11.8 Å². The largest absolute Gasteiger partial charge is 0.416 e. The van der Waals surface area contributed by atoms with Gasteiger partial charge in [0.05, 0.1) is 17.5 Å². The SMILES string of the molecule is CN(C)CCNC(=O)[C@@H]1CC[C@H](c2cccc(C(F)(F)F)c2)N(C(=O)C2CC2)C1. The van der Waals surface area contributed by atoms with E-state index in [-0.39, 0.29) is 30.2 Å². The van der Waals surface area contributed by atoms with Gasteiger partial charge in [0.2, 0.25) is 11.8 Å². The second kappa shape index (κ2) is 8.73. The Labute approximate surface area is 169 Å². The van der Waals surface area contributed by atoms with Gasteiger partial charge in [-0.05, 0) is 57.5 Å². The highest BCUT2D eigenvalue weighted by Gasteiger charge is 2.41. The van der Waals surface area contributed by atoms with Gasteiger partial charge in [-0.1, -0.05) is 12.1 Å². The first kappa shape index (κ1) is 21.6. The van der Waals surface area contributed by atoms with Crippen molar-refractivity contribution >= 4 is 11.8 Å². The summed E-state index contributed by atoms with van der Waals surface area (Å²) in [4.78, 5) is 29.0. The molecule has 1 aliphatic carbocycles. The lowest BCUT2D eigenvalue weighted by molar-refractivity contribution is -0.140. The summed E-state index contributed by atoms with van der Waals surface area (Å²) in [5.41, 5.74) is -0.224. The molecule has 2 aliphatic rings. The number of piperidine rings is 1. The molecule has 3 rings (SSSR count). The number of likely N-dealkylation sites (tertiary alicyclic amines) is 1. The maximum absolute atomic E-state index is 13.1. The van der Waals surface area contributed by atoms with Crippen LogP contribution in [-0.2, 0) is 15.8 Å². The van der Waals surface area contributed by atoms with Gasteiger partial charge in [-0.15, -0.1) is 0 Å². The number of hydrogen-bond acceptors (Lipinski definition) is 3. The monoisotopic (exact) mass is 411 g/mol. The topological polar surface area (TPSA) is 52.7 Å². The van der Waals surface area contributed by atoms with Gasteiger partial charge in [0, 0.05) is 25.6 Å². The molecule has 8 heteroatoms. The predicted molar refractivity (Wildman–Crippen MR) is 103 cm³/mol. The zero-order valence-corrected chi connectivity index (χ0v) is 16.8. The molecule has 0 unspecified atom stereocenters. The van der Waals surface area contributed by atoms with Crippen LogP contribution in [-0.4, -0.2) is 55.3 Å². The van der Waals surface area contributed by atoms with Gasteiger partial charge in [0.25, 0.3) is 0 Å². The summed E-state index contributed by atoms with van der Waals surface area (Å²) < 4.78 is 39.4. The average molecular weight is 411 g/mol. The number of rotatable bonds is 6. The number of nitrogens with one attached hydrogen (secondary N) is 1. The van der Waals surface area contributed by atoms with Crippen LogP contribution in [0.25, 0.3) is 0 Å². The van der Waals surface area contributed by atoms with E-state index in [1.165, 1.54) is 6.07 Å². The maximum Gasteiger partial charge on any atom is 0.416 e. The quantitative estimate of drug-likeness (QED) is 0.783. The minimum absolute atomic E-state index is 0.0433. The summed E-state index contributed by atoms with van der Waals surface area (Å²) >= 11 is 0. The summed E-state index contributed by atoms with van der Waals surface area (Å²) in [5, 5.41) is 2.90. The van der Waals surface area contributed by atoms with Gasteiger partial charge in [0.15, 0.2) is 0 Å². The third-order valence-electron chi connectivity index (χ3n) is 5.62. The lowest BCUT2D eigenvalue weighted by atomic mass is 9.87. The van der Waals surface area contributed by atoms with Gasteiger partial charge in [-0.25, -0.2) is 0 Å². The average Bonchev–Trinajstić information content (AvgIpc) is 3.51. The molecule has 0 aromatic heterocycles. The smallest absolute Gasteiger partial charge is 0.355 e. The number of halogens is 3. The minimum Gasteiger partial charge on any atom is -0.355 e. The molecule has 5 nitrogen and oxygen atoms in total. The molecule has 1 N–H and O–H groups in total. The Hall–Kier alpha value is -2.09. The van der Waals surface area contributed by atoms with Gasteiger partial charge < -0.3 is 15.1 Å². The van der Waals surface area contributed by atoms with Crippen LogP contribution in [0.4, 0.5) is 13.2 Å². The Morgan fingerprint density at radius 2 is 1.83 bits per heavy atom. The van der Waals surface area contributed by atoms with Crippen LogP contribution in [0.3, 0.4) is 0 Å². The van der Waals surface area contributed by atoms with Crippen molar-refractivity contribution in [3.63, 3.8) is 0 Å². The number of hydrogen-bond donors (Lipinski definition) is 1. The number of likely N-dealkylation sites (N-methyl/N-ethyl adjacent to an activating group) is 1. The van der Waals surface area contributed by atoms with Crippen molar-refractivity contribution in [3.05, 3.63) is 35.4 Å². The van der Waals surface area contributed by atoms with E-state index in [1.807, 2.05) is 19.0 Å². The van der Waals surface area contributed by atoms with E-state index in [9.17, 15) is 22.8 Å². The molecule has 2 fully saturated rings. The normalized spacial score (nSPS) is 22.6. The molecule has 29 heavy (non-hydrogen) atoms. The molecule has 1 saturated heterocycles. The highest BCUT2D eigenvalue weighted by molar-refractivity contribution is 5.84. The van der Waals surface area contributed by atoms with E-state index in [0.717, 1.165) is 31.5 Å². The first-order valence-electron chi connectivity index (χ1n) is 10.1. The van der Waals surface area contributed by atoms with Crippen LogP contribution >= 0.6 is 0 Å². The molecule has 2 atom stereocenters. The van der Waals surface area contributed by atoms with E-state index in [0.29, 0.717) is 24.9 Å². The number of amides is 2. The van der Waals surface area contributed by atoms with Crippen LogP contribution in [0.15, 0.2) is 24.3 Å². The Bertz CT molecular complexity index is 747. The number of nitrogens with zero attached hydrogens (tertiary/aromatic N) is 2. The molecule has 0 bridgehead atoms. The first-order chi connectivity index (χ1) is 13.7. The fourth-order valence-electron chi connectivity index (χ4n) is 3.81. The summed E-state index contributed by atoms with van der Waals surface area (Å²) in [5.74, 6) is -0.526. The number of alkyl halides is 3.